The number of hydrogen-bond donors (Lipinski definition) is 2. The van der Waals surface area contributed by atoms with Crippen LogP contribution in [0.15, 0.2) is 47.6 Å². The Morgan fingerprint density at radius 2 is 2.00 bits per heavy atom. The first-order valence-electron chi connectivity index (χ1n) is 10.1. The van der Waals surface area contributed by atoms with Gasteiger partial charge in [-0.3, -0.25) is 4.98 Å². The zero-order chi connectivity index (χ0) is 21.1. The van der Waals surface area contributed by atoms with Gasteiger partial charge < -0.3 is 15.3 Å². The second-order valence-electron chi connectivity index (χ2n) is 7.87. The van der Waals surface area contributed by atoms with E-state index in [-0.39, 0.29) is 0 Å². The average molecular weight is 447 g/mol. The van der Waals surface area contributed by atoms with Gasteiger partial charge in [0, 0.05) is 41.9 Å². The minimum Gasteiger partial charge on any atom is -0.479 e. The molecule has 1 saturated carbocycles. The molecule has 1 aromatic carbocycles. The number of likely N-dealkylation sites (tertiary alicyclic amines) is 1. The third kappa shape index (κ3) is 4.77. The zero-order valence-electron chi connectivity index (χ0n) is 16.5. The van der Waals surface area contributed by atoms with Crippen molar-refractivity contribution in [2.24, 2.45) is 4.99 Å². The van der Waals surface area contributed by atoms with E-state index in [2.05, 4.69) is 20.2 Å². The van der Waals surface area contributed by atoms with Gasteiger partial charge in [0.15, 0.2) is 11.4 Å². The van der Waals surface area contributed by atoms with Crippen LogP contribution in [0.25, 0.3) is 0 Å². The molecule has 0 unspecified atom stereocenters. The number of rotatable bonds is 6. The van der Waals surface area contributed by atoms with E-state index in [0.29, 0.717) is 41.3 Å². The van der Waals surface area contributed by atoms with Crippen molar-refractivity contribution in [1.82, 2.24) is 15.2 Å². The van der Waals surface area contributed by atoms with E-state index in [1.54, 1.807) is 12.3 Å². The van der Waals surface area contributed by atoms with Gasteiger partial charge in [0.25, 0.3) is 0 Å². The highest BCUT2D eigenvalue weighted by Crippen LogP contribution is 2.40. The Morgan fingerprint density at radius 1 is 1.23 bits per heavy atom. The van der Waals surface area contributed by atoms with E-state index >= 15 is 0 Å². The lowest BCUT2D eigenvalue weighted by Crippen LogP contribution is -2.46. The number of piperidine rings is 1. The van der Waals surface area contributed by atoms with Crippen LogP contribution in [0.4, 0.5) is 0 Å². The van der Waals surface area contributed by atoms with Crippen molar-refractivity contribution in [3.05, 3.63) is 63.9 Å². The number of benzene rings is 1. The largest absolute Gasteiger partial charge is 0.479 e. The first-order valence-corrected chi connectivity index (χ1v) is 10.9. The van der Waals surface area contributed by atoms with Crippen LogP contribution in [-0.4, -0.2) is 51.5 Å². The summed E-state index contributed by atoms with van der Waals surface area (Å²) in [5, 5.41) is 14.5. The fourth-order valence-corrected chi connectivity index (χ4v) is 4.09. The number of aliphatic carboxylic acids is 1. The standard InChI is InChI=1S/C22H24Cl2N4O2/c23-16-4-5-18(24)15(13-16)14-26-17-6-11-28(12-7-17)20(19-3-1-2-10-25-19)27-22(8-9-22)21(29)30/h1-5,10,13,17,26H,6-9,11-12,14H2,(H,29,30). The van der Waals surface area contributed by atoms with Crippen molar-refractivity contribution in [1.29, 1.82) is 0 Å². The van der Waals surface area contributed by atoms with Gasteiger partial charge in [-0.05, 0) is 61.6 Å². The Hall–Kier alpha value is -2.15. The van der Waals surface area contributed by atoms with Crippen molar-refractivity contribution in [3.8, 4) is 0 Å². The molecule has 6 nitrogen and oxygen atoms in total. The number of pyridine rings is 1. The molecule has 1 aliphatic heterocycles. The molecule has 1 saturated heterocycles. The lowest BCUT2D eigenvalue weighted by molar-refractivity contribution is -0.139. The number of nitrogens with zero attached hydrogens (tertiary/aromatic N) is 3. The highest BCUT2D eigenvalue weighted by Gasteiger charge is 2.51. The van der Waals surface area contributed by atoms with Crippen LogP contribution in [0.5, 0.6) is 0 Å². The summed E-state index contributed by atoms with van der Waals surface area (Å²) >= 11 is 12.3. The van der Waals surface area contributed by atoms with E-state index in [1.807, 2.05) is 30.3 Å². The fourth-order valence-electron chi connectivity index (χ4n) is 3.71. The molecule has 0 spiro atoms. The molecule has 2 aromatic rings. The Kier molecular flexibility index (Phi) is 6.27. The van der Waals surface area contributed by atoms with Crippen LogP contribution in [0.2, 0.25) is 10.0 Å². The van der Waals surface area contributed by atoms with E-state index in [4.69, 9.17) is 23.2 Å². The number of aliphatic imine (C=N–C) groups is 1. The van der Waals surface area contributed by atoms with Crippen LogP contribution in [0, 0.1) is 0 Å². The van der Waals surface area contributed by atoms with Crippen molar-refractivity contribution >= 4 is 35.0 Å². The predicted octanol–water partition coefficient (Wildman–Crippen LogP) is 4.01. The number of carboxylic acid groups (broad SMARTS) is 1. The summed E-state index contributed by atoms with van der Waals surface area (Å²) in [5.74, 6) is -0.169. The van der Waals surface area contributed by atoms with Gasteiger partial charge >= 0.3 is 5.97 Å². The van der Waals surface area contributed by atoms with Gasteiger partial charge in [-0.1, -0.05) is 29.3 Å². The summed E-state index contributed by atoms with van der Waals surface area (Å²) in [4.78, 5) is 23.0. The van der Waals surface area contributed by atoms with Gasteiger partial charge in [-0.25, -0.2) is 9.79 Å². The Balaban J connectivity index is 1.42. The van der Waals surface area contributed by atoms with Crippen molar-refractivity contribution in [2.75, 3.05) is 13.1 Å². The molecule has 2 fully saturated rings. The van der Waals surface area contributed by atoms with E-state index in [1.165, 1.54) is 0 Å². The summed E-state index contributed by atoms with van der Waals surface area (Å²) in [6.07, 6.45) is 4.72. The molecule has 1 aromatic heterocycles. The number of carboxylic acids is 1. The molecule has 0 atom stereocenters. The zero-order valence-corrected chi connectivity index (χ0v) is 18.0. The first kappa shape index (κ1) is 21.1. The molecule has 158 valence electrons. The monoisotopic (exact) mass is 446 g/mol. The predicted molar refractivity (Wildman–Crippen MR) is 118 cm³/mol. The molecular weight excluding hydrogens is 423 g/mol. The number of halogens is 2. The first-order chi connectivity index (χ1) is 14.5. The number of nitrogens with one attached hydrogen (secondary N) is 1. The average Bonchev–Trinajstić information content (AvgIpc) is 3.55. The second-order valence-corrected chi connectivity index (χ2v) is 8.71. The molecule has 0 bridgehead atoms. The maximum Gasteiger partial charge on any atom is 0.331 e. The SMILES string of the molecule is O=C(O)C1(N=C(c2ccccn2)N2CCC(NCc3cc(Cl)ccc3Cl)CC2)CC1. The summed E-state index contributed by atoms with van der Waals surface area (Å²) in [6, 6.07) is 11.5. The molecule has 1 aliphatic carbocycles. The van der Waals surface area contributed by atoms with Crippen LogP contribution in [-0.2, 0) is 11.3 Å². The molecule has 0 radical (unpaired) electrons. The summed E-state index contributed by atoms with van der Waals surface area (Å²) in [5.41, 5.74) is 0.729. The summed E-state index contributed by atoms with van der Waals surface area (Å²) in [6.45, 7) is 2.23. The maximum absolute atomic E-state index is 11.7. The molecule has 0 amide bonds. The normalized spacial score (nSPS) is 19.0. The topological polar surface area (TPSA) is 77.8 Å². The second kappa shape index (κ2) is 8.92. The van der Waals surface area contributed by atoms with Crippen molar-refractivity contribution < 1.29 is 9.90 Å². The van der Waals surface area contributed by atoms with Crippen molar-refractivity contribution in [2.45, 2.75) is 43.8 Å². The molecule has 2 N–H and O–H groups in total. The van der Waals surface area contributed by atoms with Gasteiger partial charge in [0.05, 0.1) is 0 Å². The lowest BCUT2D eigenvalue weighted by Gasteiger charge is -2.35. The van der Waals surface area contributed by atoms with Crippen molar-refractivity contribution in [3.63, 3.8) is 0 Å². The van der Waals surface area contributed by atoms with E-state index < -0.39 is 11.5 Å². The molecular formula is C22H24Cl2N4O2. The molecule has 8 heteroatoms. The van der Waals surface area contributed by atoms with Gasteiger partial charge in [-0.2, -0.15) is 0 Å². The van der Waals surface area contributed by atoms with Crippen LogP contribution < -0.4 is 5.32 Å². The number of hydrogen-bond acceptors (Lipinski definition) is 4. The lowest BCUT2D eigenvalue weighted by atomic mass is 10.0. The Labute approximate surface area is 185 Å². The maximum atomic E-state index is 11.7. The van der Waals surface area contributed by atoms with Gasteiger partial charge in [0.2, 0.25) is 0 Å². The quantitative estimate of drug-likeness (QED) is 0.517. The van der Waals surface area contributed by atoms with E-state index in [0.717, 1.165) is 37.2 Å². The summed E-state index contributed by atoms with van der Waals surface area (Å²) in [7, 11) is 0. The number of amidine groups is 1. The minimum absolute atomic E-state index is 0.343. The molecule has 4 rings (SSSR count). The van der Waals surface area contributed by atoms with Gasteiger partial charge in [0.1, 0.15) is 5.69 Å². The number of carbonyl (C=O) groups is 1. The highest BCUT2D eigenvalue weighted by atomic mass is 35.5. The van der Waals surface area contributed by atoms with Gasteiger partial charge in [-0.15, -0.1) is 0 Å². The smallest absolute Gasteiger partial charge is 0.331 e. The minimum atomic E-state index is -0.981. The fraction of sp³-hybridized carbons (Fsp3) is 0.409. The number of aromatic nitrogens is 1. The molecule has 2 heterocycles. The Bertz CT molecular complexity index is 939. The van der Waals surface area contributed by atoms with E-state index in [9.17, 15) is 9.90 Å². The van der Waals surface area contributed by atoms with Crippen LogP contribution in [0.1, 0.15) is 36.9 Å². The van der Waals surface area contributed by atoms with Crippen LogP contribution in [0.3, 0.4) is 0 Å². The van der Waals surface area contributed by atoms with Crippen LogP contribution >= 0.6 is 23.2 Å². The third-order valence-electron chi connectivity index (χ3n) is 5.72. The molecule has 2 aliphatic rings. The molecule has 30 heavy (non-hydrogen) atoms. The highest BCUT2D eigenvalue weighted by molar-refractivity contribution is 6.33. The third-order valence-corrected chi connectivity index (χ3v) is 6.32. The summed E-state index contributed by atoms with van der Waals surface area (Å²) < 4.78 is 0. The Morgan fingerprint density at radius 3 is 2.63 bits per heavy atom.